The van der Waals surface area contributed by atoms with Crippen LogP contribution in [0, 0.1) is 11.3 Å². The summed E-state index contributed by atoms with van der Waals surface area (Å²) in [6.45, 7) is 2.64. The third kappa shape index (κ3) is 5.48. The first-order valence-corrected chi connectivity index (χ1v) is 8.78. The average Bonchev–Trinajstić information content (AvgIpc) is 2.65. The van der Waals surface area contributed by atoms with Crippen molar-refractivity contribution in [2.75, 3.05) is 13.7 Å². The molecule has 0 spiro atoms. The number of nitrogens with zero attached hydrogens (tertiary/aromatic N) is 1. The van der Waals surface area contributed by atoms with Crippen LogP contribution in [0.4, 0.5) is 0 Å². The van der Waals surface area contributed by atoms with Crippen molar-refractivity contribution in [1.82, 2.24) is 10.6 Å². The number of nitriles is 1. The molecule has 5 nitrogen and oxygen atoms in total. The zero-order valence-corrected chi connectivity index (χ0v) is 15.6. The first-order chi connectivity index (χ1) is 12.5. The molecule has 1 unspecified atom stereocenters. The Hall–Kier alpha value is -2.55. The van der Waals surface area contributed by atoms with Crippen molar-refractivity contribution in [3.05, 3.63) is 64.2 Å². The van der Waals surface area contributed by atoms with E-state index in [1.54, 1.807) is 0 Å². The van der Waals surface area contributed by atoms with E-state index in [1.165, 1.54) is 24.8 Å². The molecule has 2 rings (SSSR count). The van der Waals surface area contributed by atoms with Crippen LogP contribution >= 0.6 is 11.6 Å². The lowest BCUT2D eigenvalue weighted by atomic mass is 10.1. The molecule has 0 aliphatic rings. The van der Waals surface area contributed by atoms with Crippen LogP contribution < -0.4 is 15.4 Å². The predicted octanol–water partition coefficient (Wildman–Crippen LogP) is 3.52. The lowest BCUT2D eigenvalue weighted by molar-refractivity contribution is 0.0930. The SMILES string of the molecule is COc1cc(Cl)c(C#N)cc1C(=O)NC(C)NCCCc1ccccc1. The highest BCUT2D eigenvalue weighted by Crippen LogP contribution is 2.26. The molecule has 0 bridgehead atoms. The summed E-state index contributed by atoms with van der Waals surface area (Å²) in [7, 11) is 1.46. The summed E-state index contributed by atoms with van der Waals surface area (Å²) < 4.78 is 5.20. The van der Waals surface area contributed by atoms with Gasteiger partial charge in [-0.2, -0.15) is 5.26 Å². The second-order valence-electron chi connectivity index (χ2n) is 5.88. The van der Waals surface area contributed by atoms with Crippen LogP contribution in [0.15, 0.2) is 42.5 Å². The number of carbonyl (C=O) groups excluding carboxylic acids is 1. The number of ether oxygens (including phenoxy) is 1. The Labute approximate surface area is 158 Å². The van der Waals surface area contributed by atoms with Gasteiger partial charge in [0.2, 0.25) is 0 Å². The van der Waals surface area contributed by atoms with E-state index in [1.807, 2.05) is 31.2 Å². The van der Waals surface area contributed by atoms with E-state index in [9.17, 15) is 4.79 Å². The summed E-state index contributed by atoms with van der Waals surface area (Å²) in [5.41, 5.74) is 1.81. The predicted molar refractivity (Wildman–Crippen MR) is 102 cm³/mol. The van der Waals surface area contributed by atoms with Gasteiger partial charge in [-0.1, -0.05) is 41.9 Å². The zero-order chi connectivity index (χ0) is 18.9. The lowest BCUT2D eigenvalue weighted by Gasteiger charge is -2.17. The third-order valence-electron chi connectivity index (χ3n) is 3.94. The van der Waals surface area contributed by atoms with E-state index in [4.69, 9.17) is 21.6 Å². The molecule has 0 radical (unpaired) electrons. The third-order valence-corrected chi connectivity index (χ3v) is 4.25. The molecule has 136 valence electrons. The normalized spacial score (nSPS) is 11.5. The largest absolute Gasteiger partial charge is 0.496 e. The van der Waals surface area contributed by atoms with Crippen LogP contribution in [0.25, 0.3) is 0 Å². The average molecular weight is 372 g/mol. The standard InChI is InChI=1S/C20H22ClN3O2/c1-14(23-10-6-9-15-7-4-3-5-8-15)24-20(25)17-11-16(13-22)18(21)12-19(17)26-2/h3-5,7-8,11-12,14,23H,6,9-10H2,1-2H3,(H,24,25). The molecule has 0 saturated heterocycles. The van der Waals surface area contributed by atoms with E-state index in [-0.39, 0.29) is 28.2 Å². The summed E-state index contributed by atoms with van der Waals surface area (Å²) in [5, 5.41) is 15.5. The van der Waals surface area contributed by atoms with E-state index in [0.29, 0.717) is 5.75 Å². The van der Waals surface area contributed by atoms with Crippen molar-refractivity contribution in [3.63, 3.8) is 0 Å². The van der Waals surface area contributed by atoms with E-state index in [2.05, 4.69) is 22.8 Å². The Balaban J connectivity index is 1.88. The number of hydrogen-bond donors (Lipinski definition) is 2. The fourth-order valence-electron chi connectivity index (χ4n) is 2.57. The Morgan fingerprint density at radius 2 is 2.04 bits per heavy atom. The van der Waals surface area contributed by atoms with Crippen molar-refractivity contribution in [1.29, 1.82) is 5.26 Å². The van der Waals surface area contributed by atoms with Crippen LogP contribution in [0.5, 0.6) is 5.75 Å². The molecule has 2 aromatic rings. The van der Waals surface area contributed by atoms with Crippen LogP contribution in [-0.2, 0) is 6.42 Å². The summed E-state index contributed by atoms with van der Waals surface area (Å²) in [5.74, 6) is 0.0147. The number of benzene rings is 2. The van der Waals surface area contributed by atoms with Crippen molar-refractivity contribution >= 4 is 17.5 Å². The Morgan fingerprint density at radius 3 is 2.69 bits per heavy atom. The van der Waals surface area contributed by atoms with E-state index >= 15 is 0 Å². The number of nitrogens with one attached hydrogen (secondary N) is 2. The van der Waals surface area contributed by atoms with E-state index < -0.39 is 0 Å². The number of aryl methyl sites for hydroxylation is 1. The molecule has 2 aromatic carbocycles. The Bertz CT molecular complexity index is 788. The molecule has 0 saturated carbocycles. The van der Waals surface area contributed by atoms with Gasteiger partial charge in [0.05, 0.1) is 29.4 Å². The van der Waals surface area contributed by atoms with Crippen molar-refractivity contribution in [2.24, 2.45) is 0 Å². The van der Waals surface area contributed by atoms with Gasteiger partial charge in [-0.15, -0.1) is 0 Å². The fourth-order valence-corrected chi connectivity index (χ4v) is 2.76. The maximum Gasteiger partial charge on any atom is 0.256 e. The molecular formula is C20H22ClN3O2. The molecule has 26 heavy (non-hydrogen) atoms. The fraction of sp³-hybridized carbons (Fsp3) is 0.300. The highest BCUT2D eigenvalue weighted by atomic mass is 35.5. The number of methoxy groups -OCH3 is 1. The van der Waals surface area contributed by atoms with Crippen molar-refractivity contribution < 1.29 is 9.53 Å². The quantitative estimate of drug-likeness (QED) is 0.550. The summed E-state index contributed by atoms with van der Waals surface area (Å²) in [4.78, 5) is 12.5. The van der Waals surface area contributed by atoms with Crippen LogP contribution in [0.3, 0.4) is 0 Å². The molecule has 0 fully saturated rings. The lowest BCUT2D eigenvalue weighted by Crippen LogP contribution is -2.43. The second kappa shape index (κ2) is 9.81. The molecule has 0 aromatic heterocycles. The summed E-state index contributed by atoms with van der Waals surface area (Å²) >= 11 is 5.98. The van der Waals surface area contributed by atoms with Gasteiger partial charge in [-0.25, -0.2) is 0 Å². The van der Waals surface area contributed by atoms with Gasteiger partial charge in [0.15, 0.2) is 0 Å². The van der Waals surface area contributed by atoms with Crippen LogP contribution in [-0.4, -0.2) is 25.7 Å². The number of rotatable bonds is 8. The Kier molecular flexibility index (Phi) is 7.46. The van der Waals surface area contributed by atoms with Gasteiger partial charge in [0.1, 0.15) is 11.8 Å². The van der Waals surface area contributed by atoms with Gasteiger partial charge in [0.25, 0.3) is 5.91 Å². The summed E-state index contributed by atoms with van der Waals surface area (Å²) in [6, 6.07) is 15.2. The highest BCUT2D eigenvalue weighted by molar-refractivity contribution is 6.32. The van der Waals surface area contributed by atoms with Gasteiger partial charge in [0, 0.05) is 6.07 Å². The summed E-state index contributed by atoms with van der Waals surface area (Å²) in [6.07, 6.45) is 1.72. The first-order valence-electron chi connectivity index (χ1n) is 8.41. The molecule has 6 heteroatoms. The maximum atomic E-state index is 12.5. The van der Waals surface area contributed by atoms with E-state index in [0.717, 1.165) is 19.4 Å². The minimum absolute atomic E-state index is 0.218. The minimum Gasteiger partial charge on any atom is -0.496 e. The second-order valence-corrected chi connectivity index (χ2v) is 6.29. The minimum atomic E-state index is -0.321. The Morgan fingerprint density at radius 1 is 1.31 bits per heavy atom. The van der Waals surface area contributed by atoms with Gasteiger partial charge in [-0.3, -0.25) is 10.1 Å². The number of halogens is 1. The number of carbonyl (C=O) groups is 1. The molecule has 0 aliphatic heterocycles. The monoisotopic (exact) mass is 371 g/mol. The number of amides is 1. The van der Waals surface area contributed by atoms with Crippen molar-refractivity contribution in [2.45, 2.75) is 25.9 Å². The molecule has 2 N–H and O–H groups in total. The molecule has 1 atom stereocenters. The topological polar surface area (TPSA) is 74.1 Å². The zero-order valence-electron chi connectivity index (χ0n) is 14.9. The van der Waals surface area contributed by atoms with Gasteiger partial charge >= 0.3 is 0 Å². The molecule has 1 amide bonds. The number of hydrogen-bond acceptors (Lipinski definition) is 4. The van der Waals surface area contributed by atoms with Crippen LogP contribution in [0.1, 0.15) is 34.8 Å². The van der Waals surface area contributed by atoms with Crippen LogP contribution in [0.2, 0.25) is 5.02 Å². The molecule has 0 heterocycles. The smallest absolute Gasteiger partial charge is 0.256 e. The first kappa shape index (κ1) is 19.8. The van der Waals surface area contributed by atoms with Crippen molar-refractivity contribution in [3.8, 4) is 11.8 Å². The van der Waals surface area contributed by atoms with Gasteiger partial charge < -0.3 is 10.1 Å². The highest BCUT2D eigenvalue weighted by Gasteiger charge is 2.17. The molecule has 0 aliphatic carbocycles. The maximum absolute atomic E-state index is 12.5. The molecular weight excluding hydrogens is 350 g/mol. The van der Waals surface area contributed by atoms with Gasteiger partial charge in [-0.05, 0) is 37.9 Å².